The van der Waals surface area contributed by atoms with E-state index < -0.39 is 0 Å². The molecule has 1 atom stereocenters. The first-order valence-electron chi connectivity index (χ1n) is 4.27. The number of nitrogens with zero attached hydrogens (tertiary/aromatic N) is 2. The largest absolute Gasteiger partial charge is 0.391 e. The van der Waals surface area contributed by atoms with Gasteiger partial charge in [0, 0.05) is 18.9 Å². The first-order valence-corrected chi connectivity index (χ1v) is 4.27. The summed E-state index contributed by atoms with van der Waals surface area (Å²) in [6.07, 6.45) is 3.36. The minimum atomic E-state index is -0.280. The van der Waals surface area contributed by atoms with Crippen LogP contribution in [0.4, 0.5) is 0 Å². The molecule has 0 aliphatic carbocycles. The highest BCUT2D eigenvalue weighted by molar-refractivity contribution is 4.89. The lowest BCUT2D eigenvalue weighted by atomic mass is 10.1. The Morgan fingerprint density at radius 1 is 1.58 bits per heavy atom. The van der Waals surface area contributed by atoms with Crippen LogP contribution in [-0.4, -0.2) is 20.8 Å². The van der Waals surface area contributed by atoms with Crippen LogP contribution < -0.4 is 0 Å². The number of aromatic nitrogens is 2. The highest BCUT2D eigenvalue weighted by Gasteiger charge is 2.10. The van der Waals surface area contributed by atoms with Crippen molar-refractivity contribution in [2.45, 2.75) is 33.4 Å². The maximum absolute atomic E-state index is 9.57. The van der Waals surface area contributed by atoms with Crippen molar-refractivity contribution in [2.75, 3.05) is 0 Å². The molecule has 0 aromatic carbocycles. The maximum atomic E-state index is 9.57. The lowest BCUT2D eigenvalue weighted by Gasteiger charge is -2.15. The summed E-state index contributed by atoms with van der Waals surface area (Å²) in [7, 11) is 0. The normalized spacial score (nSPS) is 13.8. The fourth-order valence-electron chi connectivity index (χ4n) is 1.01. The molecule has 1 aromatic heterocycles. The quantitative estimate of drug-likeness (QED) is 0.736. The van der Waals surface area contributed by atoms with E-state index in [4.69, 9.17) is 0 Å². The lowest BCUT2D eigenvalue weighted by molar-refractivity contribution is 0.106. The monoisotopic (exact) mass is 168 g/mol. The number of hydrogen-bond donors (Lipinski definition) is 1. The summed E-state index contributed by atoms with van der Waals surface area (Å²) in [5.41, 5.74) is 0. The summed E-state index contributed by atoms with van der Waals surface area (Å²) in [6, 6.07) is 0. The van der Waals surface area contributed by atoms with Crippen LogP contribution in [0.2, 0.25) is 0 Å². The lowest BCUT2D eigenvalue weighted by Crippen LogP contribution is -2.21. The van der Waals surface area contributed by atoms with Crippen molar-refractivity contribution in [3.63, 3.8) is 0 Å². The fourth-order valence-corrected chi connectivity index (χ4v) is 1.01. The van der Waals surface area contributed by atoms with E-state index in [2.05, 4.69) is 4.98 Å². The third kappa shape index (κ3) is 2.08. The van der Waals surface area contributed by atoms with E-state index in [9.17, 15) is 5.11 Å². The molecular formula is C9H16N2O. The van der Waals surface area contributed by atoms with Crippen molar-refractivity contribution < 1.29 is 5.11 Å². The summed E-state index contributed by atoms with van der Waals surface area (Å²) in [5, 5.41) is 9.57. The Morgan fingerprint density at radius 2 is 2.25 bits per heavy atom. The van der Waals surface area contributed by atoms with Gasteiger partial charge < -0.3 is 9.67 Å². The summed E-state index contributed by atoms with van der Waals surface area (Å²) < 4.78 is 1.96. The van der Waals surface area contributed by atoms with Crippen LogP contribution >= 0.6 is 0 Å². The molecule has 12 heavy (non-hydrogen) atoms. The van der Waals surface area contributed by atoms with Crippen molar-refractivity contribution in [2.24, 2.45) is 5.92 Å². The van der Waals surface area contributed by atoms with E-state index in [0.29, 0.717) is 12.5 Å². The van der Waals surface area contributed by atoms with Crippen molar-refractivity contribution >= 4 is 0 Å². The molecule has 0 aliphatic heterocycles. The summed E-state index contributed by atoms with van der Waals surface area (Å²) in [6.45, 7) is 6.60. The highest BCUT2D eigenvalue weighted by Crippen LogP contribution is 2.05. The van der Waals surface area contributed by atoms with E-state index in [1.165, 1.54) is 0 Å². The molecule has 1 N–H and O–H groups in total. The van der Waals surface area contributed by atoms with Gasteiger partial charge in [-0.3, -0.25) is 0 Å². The van der Waals surface area contributed by atoms with Gasteiger partial charge in [-0.1, -0.05) is 13.8 Å². The molecule has 1 unspecified atom stereocenters. The molecule has 3 heteroatoms. The molecule has 68 valence electrons. The predicted molar refractivity (Wildman–Crippen MR) is 47.8 cm³/mol. The molecule has 0 fully saturated rings. The van der Waals surface area contributed by atoms with E-state index in [-0.39, 0.29) is 6.10 Å². The van der Waals surface area contributed by atoms with Gasteiger partial charge in [-0.15, -0.1) is 0 Å². The van der Waals surface area contributed by atoms with Gasteiger partial charge in [0.1, 0.15) is 5.82 Å². The van der Waals surface area contributed by atoms with Crippen molar-refractivity contribution in [1.82, 2.24) is 9.55 Å². The average molecular weight is 168 g/mol. The Labute approximate surface area is 73.1 Å². The summed E-state index contributed by atoms with van der Waals surface area (Å²) >= 11 is 0. The Balaban J connectivity index is 2.58. The molecule has 0 saturated heterocycles. The second kappa shape index (κ2) is 3.72. The van der Waals surface area contributed by atoms with Crippen LogP contribution in [0.25, 0.3) is 0 Å². The number of imidazole rings is 1. The van der Waals surface area contributed by atoms with E-state index in [1.54, 1.807) is 6.20 Å². The number of aliphatic hydroxyl groups is 1. The van der Waals surface area contributed by atoms with Crippen molar-refractivity contribution in [3.05, 3.63) is 18.2 Å². The Kier molecular flexibility index (Phi) is 2.87. The van der Waals surface area contributed by atoms with Gasteiger partial charge in [0.05, 0.1) is 6.10 Å². The average Bonchev–Trinajstić information content (AvgIpc) is 2.36. The Hall–Kier alpha value is -0.830. The van der Waals surface area contributed by atoms with E-state index in [0.717, 1.165) is 5.82 Å². The Morgan fingerprint density at radius 3 is 2.67 bits per heavy atom. The zero-order valence-electron chi connectivity index (χ0n) is 7.86. The van der Waals surface area contributed by atoms with E-state index in [1.807, 2.05) is 31.5 Å². The van der Waals surface area contributed by atoms with Gasteiger partial charge >= 0.3 is 0 Å². The van der Waals surface area contributed by atoms with Crippen LogP contribution in [-0.2, 0) is 6.54 Å². The van der Waals surface area contributed by atoms with Gasteiger partial charge in [-0.05, 0) is 12.8 Å². The summed E-state index contributed by atoms with van der Waals surface area (Å²) in [5.74, 6) is 1.25. The molecular weight excluding hydrogens is 152 g/mol. The predicted octanol–water partition coefficient (Wildman–Crippen LogP) is 1.21. The van der Waals surface area contributed by atoms with Gasteiger partial charge in [-0.25, -0.2) is 4.98 Å². The number of hydrogen-bond acceptors (Lipinski definition) is 2. The second-order valence-corrected chi connectivity index (χ2v) is 3.44. The molecule has 3 nitrogen and oxygen atoms in total. The molecule has 1 rings (SSSR count). The zero-order chi connectivity index (χ0) is 9.14. The zero-order valence-corrected chi connectivity index (χ0v) is 7.86. The second-order valence-electron chi connectivity index (χ2n) is 3.44. The molecule has 1 aromatic rings. The summed E-state index contributed by atoms with van der Waals surface area (Å²) in [4.78, 5) is 4.08. The Bertz CT molecular complexity index is 242. The molecule has 1 heterocycles. The van der Waals surface area contributed by atoms with Crippen LogP contribution in [0.15, 0.2) is 12.4 Å². The van der Waals surface area contributed by atoms with Crippen LogP contribution in [0.1, 0.15) is 19.7 Å². The smallest absolute Gasteiger partial charge is 0.105 e. The molecule has 0 spiro atoms. The van der Waals surface area contributed by atoms with Crippen LogP contribution in [0.5, 0.6) is 0 Å². The van der Waals surface area contributed by atoms with Crippen molar-refractivity contribution in [1.29, 1.82) is 0 Å². The highest BCUT2D eigenvalue weighted by atomic mass is 16.3. The van der Waals surface area contributed by atoms with Gasteiger partial charge in [0.25, 0.3) is 0 Å². The maximum Gasteiger partial charge on any atom is 0.105 e. The topological polar surface area (TPSA) is 38.0 Å². The number of aryl methyl sites for hydroxylation is 1. The SMILES string of the molecule is Cc1nccn1CC(O)C(C)C. The minimum Gasteiger partial charge on any atom is -0.391 e. The third-order valence-corrected chi connectivity index (χ3v) is 2.08. The molecule has 0 aliphatic rings. The minimum absolute atomic E-state index is 0.280. The van der Waals surface area contributed by atoms with Gasteiger partial charge in [0.2, 0.25) is 0 Å². The molecule has 0 saturated carbocycles. The van der Waals surface area contributed by atoms with E-state index >= 15 is 0 Å². The van der Waals surface area contributed by atoms with Crippen LogP contribution in [0.3, 0.4) is 0 Å². The molecule has 0 radical (unpaired) electrons. The fraction of sp³-hybridized carbons (Fsp3) is 0.667. The first kappa shape index (κ1) is 9.26. The standard InChI is InChI=1S/C9H16N2O/c1-7(2)9(12)6-11-5-4-10-8(11)3/h4-5,7,9,12H,6H2,1-3H3. The van der Waals surface area contributed by atoms with Gasteiger partial charge in [-0.2, -0.15) is 0 Å². The molecule has 0 amide bonds. The van der Waals surface area contributed by atoms with Gasteiger partial charge in [0.15, 0.2) is 0 Å². The third-order valence-electron chi connectivity index (χ3n) is 2.08. The van der Waals surface area contributed by atoms with Crippen LogP contribution in [0, 0.1) is 12.8 Å². The van der Waals surface area contributed by atoms with Crippen molar-refractivity contribution in [3.8, 4) is 0 Å². The first-order chi connectivity index (χ1) is 5.61. The number of rotatable bonds is 3. The molecule has 0 bridgehead atoms. The number of aliphatic hydroxyl groups excluding tert-OH is 1.